The Kier molecular flexibility index (Phi) is 5.64. The van der Waals surface area contributed by atoms with Crippen molar-refractivity contribution in [3.8, 4) is 33.9 Å². The predicted molar refractivity (Wildman–Crippen MR) is 130 cm³/mol. The second kappa shape index (κ2) is 9.04. The van der Waals surface area contributed by atoms with Gasteiger partial charge in [-0.25, -0.2) is 9.97 Å². The highest BCUT2D eigenvalue weighted by molar-refractivity contribution is 6.05. The van der Waals surface area contributed by atoms with Crippen LogP contribution >= 0.6 is 0 Å². The third-order valence-electron chi connectivity index (χ3n) is 5.52. The topological polar surface area (TPSA) is 69.4 Å². The molecule has 0 saturated heterocycles. The zero-order valence-electron chi connectivity index (χ0n) is 18.4. The number of anilines is 1. The van der Waals surface area contributed by atoms with Gasteiger partial charge in [0.25, 0.3) is 0 Å². The van der Waals surface area contributed by atoms with Crippen molar-refractivity contribution in [2.75, 3.05) is 19.5 Å². The molecule has 0 amide bonds. The van der Waals surface area contributed by atoms with E-state index >= 15 is 0 Å². The van der Waals surface area contributed by atoms with Gasteiger partial charge >= 0.3 is 0 Å². The molecule has 33 heavy (non-hydrogen) atoms. The summed E-state index contributed by atoms with van der Waals surface area (Å²) in [7, 11) is 3.31. The van der Waals surface area contributed by atoms with E-state index < -0.39 is 0 Å². The number of rotatable bonds is 7. The molecule has 0 fully saturated rings. The van der Waals surface area contributed by atoms with Crippen LogP contribution < -0.4 is 14.8 Å². The molecule has 2 aromatic heterocycles. The minimum absolute atomic E-state index is 0.525. The van der Waals surface area contributed by atoms with E-state index in [4.69, 9.17) is 13.9 Å². The molecule has 0 saturated carbocycles. The van der Waals surface area contributed by atoms with Crippen molar-refractivity contribution < 1.29 is 13.9 Å². The Hall–Kier alpha value is -4.32. The SMILES string of the molecule is COc1ccc(-c2oc3ncnc(NCc4ccccc4)c3c2-c2ccc(OC)cc2)cc1. The van der Waals surface area contributed by atoms with E-state index in [1.165, 1.54) is 6.33 Å². The molecule has 5 rings (SSSR count). The molecular formula is C27H23N3O3. The Morgan fingerprint density at radius 2 is 1.39 bits per heavy atom. The van der Waals surface area contributed by atoms with Crippen LogP contribution in [0.4, 0.5) is 5.82 Å². The summed E-state index contributed by atoms with van der Waals surface area (Å²) in [6.45, 7) is 0.637. The van der Waals surface area contributed by atoms with Gasteiger partial charge in [-0.1, -0.05) is 42.5 Å². The molecule has 164 valence electrons. The molecule has 0 aliphatic carbocycles. The maximum absolute atomic E-state index is 6.30. The largest absolute Gasteiger partial charge is 0.497 e. The zero-order valence-corrected chi connectivity index (χ0v) is 18.4. The predicted octanol–water partition coefficient (Wildman–Crippen LogP) is 6.19. The van der Waals surface area contributed by atoms with Gasteiger partial charge in [-0.3, -0.25) is 0 Å². The number of furan rings is 1. The van der Waals surface area contributed by atoms with Crippen LogP contribution in [-0.2, 0) is 6.54 Å². The smallest absolute Gasteiger partial charge is 0.232 e. The quantitative estimate of drug-likeness (QED) is 0.328. The first-order chi connectivity index (χ1) is 16.3. The van der Waals surface area contributed by atoms with Crippen LogP contribution in [0.1, 0.15) is 5.56 Å². The fourth-order valence-corrected chi connectivity index (χ4v) is 3.83. The van der Waals surface area contributed by atoms with E-state index in [-0.39, 0.29) is 0 Å². The monoisotopic (exact) mass is 437 g/mol. The van der Waals surface area contributed by atoms with E-state index in [9.17, 15) is 0 Å². The van der Waals surface area contributed by atoms with E-state index in [0.29, 0.717) is 12.3 Å². The Bertz CT molecular complexity index is 1360. The van der Waals surface area contributed by atoms with Crippen LogP contribution in [0, 0.1) is 0 Å². The van der Waals surface area contributed by atoms with Crippen molar-refractivity contribution in [1.82, 2.24) is 9.97 Å². The molecule has 0 aliphatic heterocycles. The first-order valence-corrected chi connectivity index (χ1v) is 10.6. The molecule has 1 N–H and O–H groups in total. The summed E-state index contributed by atoms with van der Waals surface area (Å²) in [5.74, 6) is 3.02. The summed E-state index contributed by atoms with van der Waals surface area (Å²) in [4.78, 5) is 8.98. The molecule has 0 aliphatic rings. The minimum Gasteiger partial charge on any atom is -0.497 e. The van der Waals surface area contributed by atoms with Gasteiger partial charge < -0.3 is 19.2 Å². The van der Waals surface area contributed by atoms with Crippen molar-refractivity contribution in [1.29, 1.82) is 0 Å². The number of nitrogens with zero attached hydrogens (tertiary/aromatic N) is 2. The highest BCUT2D eigenvalue weighted by atomic mass is 16.5. The van der Waals surface area contributed by atoms with Crippen LogP contribution in [0.2, 0.25) is 0 Å². The van der Waals surface area contributed by atoms with E-state index in [1.54, 1.807) is 14.2 Å². The number of hydrogen-bond donors (Lipinski definition) is 1. The van der Waals surface area contributed by atoms with Crippen molar-refractivity contribution >= 4 is 16.9 Å². The Morgan fingerprint density at radius 3 is 2.03 bits per heavy atom. The van der Waals surface area contributed by atoms with Crippen LogP contribution in [-0.4, -0.2) is 24.2 Å². The number of aromatic nitrogens is 2. The van der Waals surface area contributed by atoms with Crippen molar-refractivity contribution in [2.24, 2.45) is 0 Å². The second-order valence-corrected chi connectivity index (χ2v) is 7.50. The zero-order chi connectivity index (χ0) is 22.6. The Morgan fingerprint density at radius 1 is 0.758 bits per heavy atom. The lowest BCUT2D eigenvalue weighted by Crippen LogP contribution is -2.02. The lowest BCUT2D eigenvalue weighted by Gasteiger charge is -2.09. The summed E-state index contributed by atoms with van der Waals surface area (Å²) in [5, 5.41) is 4.30. The molecule has 6 heteroatoms. The third kappa shape index (κ3) is 4.11. The van der Waals surface area contributed by atoms with Gasteiger partial charge in [0.15, 0.2) is 0 Å². The molecule has 0 atom stereocenters. The average Bonchev–Trinajstić information content (AvgIpc) is 3.28. The number of ether oxygens (including phenoxy) is 2. The van der Waals surface area contributed by atoms with Crippen LogP contribution in [0.15, 0.2) is 89.6 Å². The molecule has 3 aromatic carbocycles. The Balaban J connectivity index is 1.67. The van der Waals surface area contributed by atoms with Gasteiger partial charge in [-0.2, -0.15) is 0 Å². The van der Waals surface area contributed by atoms with E-state index in [0.717, 1.165) is 50.7 Å². The molecular weight excluding hydrogens is 414 g/mol. The van der Waals surface area contributed by atoms with Crippen LogP contribution in [0.25, 0.3) is 33.6 Å². The number of fused-ring (bicyclic) bond motifs is 1. The van der Waals surface area contributed by atoms with Gasteiger partial charge in [0, 0.05) is 17.7 Å². The van der Waals surface area contributed by atoms with Gasteiger partial charge in [0.2, 0.25) is 5.71 Å². The molecule has 0 unspecified atom stereocenters. The van der Waals surface area contributed by atoms with Crippen molar-refractivity contribution in [3.63, 3.8) is 0 Å². The molecule has 6 nitrogen and oxygen atoms in total. The first kappa shape index (κ1) is 20.6. The fourth-order valence-electron chi connectivity index (χ4n) is 3.83. The highest BCUT2D eigenvalue weighted by Gasteiger charge is 2.22. The maximum Gasteiger partial charge on any atom is 0.232 e. The first-order valence-electron chi connectivity index (χ1n) is 10.6. The van der Waals surface area contributed by atoms with Crippen molar-refractivity contribution in [3.05, 3.63) is 90.8 Å². The Labute approximate surface area is 191 Å². The average molecular weight is 437 g/mol. The molecule has 0 spiro atoms. The standard InChI is InChI=1S/C27H23N3O3/c1-31-21-12-8-19(9-13-21)23-24-26(28-16-18-6-4-3-5-7-18)29-17-30-27(24)33-25(23)20-10-14-22(32-2)15-11-20/h3-15,17H,16H2,1-2H3,(H,28,29,30). The number of benzene rings is 3. The van der Waals surface area contributed by atoms with Gasteiger partial charge in [0.1, 0.15) is 29.4 Å². The van der Waals surface area contributed by atoms with E-state index in [2.05, 4.69) is 27.4 Å². The van der Waals surface area contributed by atoms with Gasteiger partial charge in [0.05, 0.1) is 19.6 Å². The normalized spacial score (nSPS) is 10.8. The van der Waals surface area contributed by atoms with Crippen LogP contribution in [0.3, 0.4) is 0 Å². The summed E-state index contributed by atoms with van der Waals surface area (Å²) < 4.78 is 17.0. The lowest BCUT2D eigenvalue weighted by atomic mass is 9.99. The van der Waals surface area contributed by atoms with Crippen LogP contribution in [0.5, 0.6) is 11.5 Å². The summed E-state index contributed by atoms with van der Waals surface area (Å²) in [6.07, 6.45) is 1.52. The molecule has 2 heterocycles. The fraction of sp³-hybridized carbons (Fsp3) is 0.111. The third-order valence-corrected chi connectivity index (χ3v) is 5.52. The van der Waals surface area contributed by atoms with Crippen molar-refractivity contribution in [2.45, 2.75) is 6.54 Å². The lowest BCUT2D eigenvalue weighted by molar-refractivity contribution is 0.414. The summed E-state index contributed by atoms with van der Waals surface area (Å²) in [6, 6.07) is 25.9. The number of hydrogen-bond acceptors (Lipinski definition) is 6. The molecule has 0 bridgehead atoms. The maximum atomic E-state index is 6.30. The minimum atomic E-state index is 0.525. The van der Waals surface area contributed by atoms with Gasteiger partial charge in [-0.15, -0.1) is 0 Å². The van der Waals surface area contributed by atoms with Gasteiger partial charge in [-0.05, 0) is 47.5 Å². The number of methoxy groups -OCH3 is 2. The molecule has 0 radical (unpaired) electrons. The molecule has 5 aromatic rings. The number of nitrogens with one attached hydrogen (secondary N) is 1. The summed E-state index contributed by atoms with van der Waals surface area (Å²) >= 11 is 0. The second-order valence-electron chi connectivity index (χ2n) is 7.50. The summed E-state index contributed by atoms with van der Waals surface area (Å²) in [5.41, 5.74) is 4.52. The van der Waals surface area contributed by atoms with E-state index in [1.807, 2.05) is 66.7 Å². The highest BCUT2D eigenvalue weighted by Crippen LogP contribution is 2.43.